The molecule has 59 heavy (non-hydrogen) atoms. The predicted molar refractivity (Wildman–Crippen MR) is 229 cm³/mol. The van der Waals surface area contributed by atoms with Crippen LogP contribution in [0, 0.1) is 0 Å². The monoisotopic (exact) mass is 792 g/mol. The number of nitrogens with two attached hydrogens (primary N) is 1. The number of hydrogen-bond donors (Lipinski definition) is 5. The SMILES string of the molecule is COc1cc2c(cc1OCCCC(=O)Nc1cc(C(=O)Nc3ccc(-c4cc(C(=O)Nc5ccc(N)cc5)n(C)c4)cc3)n(C)c1)NCC1Cc3ccccc3N1C2=O. The van der Waals surface area contributed by atoms with Gasteiger partial charge in [0.25, 0.3) is 17.7 Å². The molecule has 1 atom stereocenters. The number of methoxy groups -OCH3 is 1. The Morgan fingerprint density at radius 2 is 1.46 bits per heavy atom. The number of aryl methyl sites for hydroxylation is 2. The lowest BCUT2D eigenvalue weighted by molar-refractivity contribution is -0.116. The number of hydrogen-bond acceptors (Lipinski definition) is 8. The zero-order valence-electron chi connectivity index (χ0n) is 32.9. The van der Waals surface area contributed by atoms with E-state index in [1.54, 1.807) is 84.0 Å². The van der Waals surface area contributed by atoms with Gasteiger partial charge in [-0.1, -0.05) is 30.3 Å². The molecule has 4 heterocycles. The Hall–Kier alpha value is -7.48. The first-order valence-corrected chi connectivity index (χ1v) is 19.3. The molecule has 0 aliphatic carbocycles. The van der Waals surface area contributed by atoms with E-state index in [4.69, 9.17) is 15.2 Å². The van der Waals surface area contributed by atoms with Crippen molar-refractivity contribution in [1.29, 1.82) is 0 Å². The summed E-state index contributed by atoms with van der Waals surface area (Å²) in [5.41, 5.74) is 13.9. The third-order valence-corrected chi connectivity index (χ3v) is 10.6. The molecule has 6 aromatic rings. The average molecular weight is 793 g/mol. The molecule has 8 rings (SSSR count). The van der Waals surface area contributed by atoms with Gasteiger partial charge in [0.05, 0.1) is 36.7 Å². The summed E-state index contributed by atoms with van der Waals surface area (Å²) in [6.45, 7) is 0.840. The van der Waals surface area contributed by atoms with Gasteiger partial charge in [-0.3, -0.25) is 19.2 Å². The van der Waals surface area contributed by atoms with Gasteiger partial charge in [0.1, 0.15) is 11.4 Å². The summed E-state index contributed by atoms with van der Waals surface area (Å²) < 4.78 is 15.1. The summed E-state index contributed by atoms with van der Waals surface area (Å²) in [5.74, 6) is 0.0103. The number of amides is 4. The van der Waals surface area contributed by atoms with Crippen molar-refractivity contribution in [2.24, 2.45) is 14.1 Å². The largest absolute Gasteiger partial charge is 0.493 e. The molecule has 2 aliphatic rings. The van der Waals surface area contributed by atoms with Gasteiger partial charge in [0.15, 0.2) is 11.5 Å². The third-order valence-electron chi connectivity index (χ3n) is 10.6. The van der Waals surface area contributed by atoms with Crippen molar-refractivity contribution in [3.8, 4) is 22.6 Å². The van der Waals surface area contributed by atoms with Crippen LogP contribution in [-0.2, 0) is 25.3 Å². The van der Waals surface area contributed by atoms with Gasteiger partial charge in [-0.05, 0) is 84.6 Å². The fourth-order valence-electron chi connectivity index (χ4n) is 7.56. The lowest BCUT2D eigenvalue weighted by Gasteiger charge is -2.22. The first-order chi connectivity index (χ1) is 28.5. The van der Waals surface area contributed by atoms with Crippen LogP contribution in [0.3, 0.4) is 0 Å². The molecule has 0 saturated heterocycles. The van der Waals surface area contributed by atoms with Crippen molar-refractivity contribution in [2.75, 3.05) is 52.2 Å². The number of ether oxygens (including phenoxy) is 2. The second kappa shape index (κ2) is 16.2. The molecular formula is C45H44N8O6. The van der Waals surface area contributed by atoms with Gasteiger partial charge in [0.2, 0.25) is 5.91 Å². The third kappa shape index (κ3) is 8.05. The highest BCUT2D eigenvalue weighted by Gasteiger charge is 2.37. The summed E-state index contributed by atoms with van der Waals surface area (Å²) in [6.07, 6.45) is 4.93. The van der Waals surface area contributed by atoms with Gasteiger partial charge >= 0.3 is 0 Å². The van der Waals surface area contributed by atoms with Crippen molar-refractivity contribution in [3.05, 3.63) is 132 Å². The normalized spacial score (nSPS) is 14.0. The summed E-state index contributed by atoms with van der Waals surface area (Å²) in [6, 6.07) is 29.2. The van der Waals surface area contributed by atoms with Gasteiger partial charge in [-0.15, -0.1) is 0 Å². The number of para-hydroxylation sites is 1. The number of benzene rings is 4. The molecule has 2 aromatic heterocycles. The van der Waals surface area contributed by atoms with Gasteiger partial charge in [0, 0.05) is 73.8 Å². The van der Waals surface area contributed by atoms with E-state index in [0.717, 1.165) is 28.8 Å². The van der Waals surface area contributed by atoms with E-state index >= 15 is 0 Å². The molecule has 4 aromatic carbocycles. The number of carbonyl (C=O) groups excluding carboxylic acids is 4. The van der Waals surface area contributed by atoms with Crippen LogP contribution in [0.25, 0.3) is 11.1 Å². The number of carbonyl (C=O) groups is 4. The van der Waals surface area contributed by atoms with Crippen LogP contribution in [0.5, 0.6) is 11.5 Å². The Morgan fingerprint density at radius 1 is 0.780 bits per heavy atom. The number of aromatic nitrogens is 2. The highest BCUT2D eigenvalue weighted by Crippen LogP contribution is 2.40. The Kier molecular flexibility index (Phi) is 10.5. The number of rotatable bonds is 12. The fourth-order valence-corrected chi connectivity index (χ4v) is 7.56. The van der Waals surface area contributed by atoms with Crippen molar-refractivity contribution < 1.29 is 28.7 Å². The maximum Gasteiger partial charge on any atom is 0.272 e. The fraction of sp³-hybridized carbons (Fsp3) is 0.200. The van der Waals surface area contributed by atoms with Crippen LogP contribution in [-0.4, -0.2) is 59.1 Å². The Balaban J connectivity index is 0.824. The minimum Gasteiger partial charge on any atom is -0.493 e. The molecule has 300 valence electrons. The van der Waals surface area contributed by atoms with Crippen LogP contribution in [0.1, 0.15) is 49.7 Å². The zero-order valence-corrected chi connectivity index (χ0v) is 32.9. The molecular weight excluding hydrogens is 749 g/mol. The van der Waals surface area contributed by atoms with Crippen LogP contribution in [0.4, 0.5) is 34.1 Å². The number of anilines is 6. The first-order valence-electron chi connectivity index (χ1n) is 19.3. The van der Waals surface area contributed by atoms with Crippen LogP contribution >= 0.6 is 0 Å². The minimum absolute atomic E-state index is 0.00973. The molecule has 0 spiro atoms. The molecule has 4 amide bonds. The Bertz CT molecular complexity index is 2580. The molecule has 0 bridgehead atoms. The first kappa shape index (κ1) is 38.4. The summed E-state index contributed by atoms with van der Waals surface area (Å²) in [5, 5.41) is 12.1. The molecule has 14 nitrogen and oxygen atoms in total. The quantitative estimate of drug-likeness (QED) is 0.0656. The predicted octanol–water partition coefficient (Wildman–Crippen LogP) is 6.92. The maximum absolute atomic E-state index is 13.7. The van der Waals surface area contributed by atoms with Crippen molar-refractivity contribution in [2.45, 2.75) is 25.3 Å². The highest BCUT2D eigenvalue weighted by molar-refractivity contribution is 6.12. The van der Waals surface area contributed by atoms with E-state index in [9.17, 15) is 19.2 Å². The van der Waals surface area contributed by atoms with Crippen molar-refractivity contribution in [1.82, 2.24) is 9.13 Å². The Morgan fingerprint density at radius 3 is 2.19 bits per heavy atom. The van der Waals surface area contributed by atoms with Gasteiger partial charge < -0.3 is 50.5 Å². The molecule has 0 fully saturated rings. The molecule has 0 saturated carbocycles. The summed E-state index contributed by atoms with van der Waals surface area (Å²) >= 11 is 0. The van der Waals surface area contributed by atoms with Crippen molar-refractivity contribution in [3.63, 3.8) is 0 Å². The van der Waals surface area contributed by atoms with Crippen LogP contribution < -0.4 is 41.4 Å². The summed E-state index contributed by atoms with van der Waals surface area (Å²) in [4.78, 5) is 54.7. The van der Waals surface area contributed by atoms with E-state index < -0.39 is 0 Å². The van der Waals surface area contributed by atoms with E-state index in [0.29, 0.717) is 69.9 Å². The lowest BCUT2D eigenvalue weighted by Crippen LogP contribution is -2.39. The summed E-state index contributed by atoms with van der Waals surface area (Å²) in [7, 11) is 5.07. The molecule has 14 heteroatoms. The van der Waals surface area contributed by atoms with Gasteiger partial charge in [-0.25, -0.2) is 0 Å². The second-order valence-corrected chi connectivity index (χ2v) is 14.6. The minimum atomic E-state index is -0.341. The topological polar surface area (TPSA) is 174 Å². The number of nitrogens with one attached hydrogen (secondary N) is 4. The van der Waals surface area contributed by atoms with E-state index in [2.05, 4.69) is 27.3 Å². The zero-order chi connectivity index (χ0) is 41.2. The molecule has 1 unspecified atom stereocenters. The van der Waals surface area contributed by atoms with Gasteiger partial charge in [-0.2, -0.15) is 0 Å². The number of nitrogens with zero attached hydrogens (tertiary/aromatic N) is 3. The van der Waals surface area contributed by atoms with Crippen molar-refractivity contribution >= 4 is 57.8 Å². The van der Waals surface area contributed by atoms with E-state index in [1.807, 2.05) is 47.5 Å². The average Bonchev–Trinajstić information content (AvgIpc) is 3.90. The van der Waals surface area contributed by atoms with Crippen LogP contribution in [0.2, 0.25) is 0 Å². The molecule has 6 N–H and O–H groups in total. The second-order valence-electron chi connectivity index (χ2n) is 14.6. The van der Waals surface area contributed by atoms with E-state index in [-0.39, 0.29) is 42.7 Å². The molecule has 2 aliphatic heterocycles. The Labute approximate surface area is 340 Å². The highest BCUT2D eigenvalue weighted by atomic mass is 16.5. The molecule has 0 radical (unpaired) electrons. The lowest BCUT2D eigenvalue weighted by atomic mass is 10.1. The van der Waals surface area contributed by atoms with E-state index in [1.165, 1.54) is 7.11 Å². The standard InChI is InChI=1S/C45H44N8O6/c1-51-25-29(20-38(51)43(55)50-32-16-12-30(46)13-17-32)27-10-14-31(15-11-27)49-44(56)39-21-33(26-52(39)2)48-42(54)9-6-18-59-41-23-36-35(22-40(41)58-3)45(57)53-34(24-47-36)19-28-7-4-5-8-37(28)53/h4-5,7-8,10-17,20-23,25-26,34,47H,6,9,18-19,24,46H2,1-3H3,(H,48,54)(H,49,56)(H,50,55). The maximum atomic E-state index is 13.7. The van der Waals surface area contributed by atoms with Crippen LogP contribution in [0.15, 0.2) is 109 Å². The smallest absolute Gasteiger partial charge is 0.272 e. The number of nitrogen functional groups attached to an aromatic ring is 1. The number of fused-ring (bicyclic) bond motifs is 4.